The van der Waals surface area contributed by atoms with E-state index in [0.717, 1.165) is 0 Å². The molecule has 1 heteroatoms. The van der Waals surface area contributed by atoms with Crippen molar-refractivity contribution in [1.82, 2.24) is 5.32 Å². The fraction of sp³-hybridized carbons (Fsp3) is 0.860. The molecule has 1 rings (SSSR count). The fourth-order valence-corrected chi connectivity index (χ4v) is 6.39. The first-order chi connectivity index (χ1) is 21.9. The Labute approximate surface area is 280 Å². The molecule has 0 spiro atoms. The molecule has 0 radical (unpaired) electrons. The van der Waals surface area contributed by atoms with E-state index in [2.05, 4.69) is 19.2 Å². The summed E-state index contributed by atoms with van der Waals surface area (Å²) >= 11 is 0. The second-order valence-corrected chi connectivity index (χ2v) is 13.9. The van der Waals surface area contributed by atoms with Crippen molar-refractivity contribution in [3.05, 3.63) is 36.7 Å². The van der Waals surface area contributed by atoms with E-state index in [1.54, 1.807) is 0 Å². The van der Waals surface area contributed by atoms with Gasteiger partial charge in [0.05, 0.1) is 0 Å². The summed E-state index contributed by atoms with van der Waals surface area (Å²) in [4.78, 5) is 0. The molecular weight excluding hydrogens is 530 g/mol. The summed E-state index contributed by atoms with van der Waals surface area (Å²) in [6.07, 6.45) is 63.5. The highest BCUT2D eigenvalue weighted by molar-refractivity contribution is 5.14. The molecule has 1 nitrogen and oxygen atoms in total. The molecule has 0 unspecified atom stereocenters. The third-order valence-corrected chi connectivity index (χ3v) is 9.43. The van der Waals surface area contributed by atoms with Gasteiger partial charge in [0.2, 0.25) is 0 Å². The first-order valence-electron chi connectivity index (χ1n) is 20.7. The van der Waals surface area contributed by atoms with Gasteiger partial charge in [-0.25, -0.2) is 0 Å². The van der Waals surface area contributed by atoms with Crippen molar-refractivity contribution in [2.24, 2.45) is 0 Å². The number of hydrogen-bond donors (Lipinski definition) is 1. The van der Waals surface area contributed by atoms with Crippen LogP contribution in [0.15, 0.2) is 36.7 Å². The summed E-state index contributed by atoms with van der Waals surface area (Å²) in [5.41, 5.74) is 0. The van der Waals surface area contributed by atoms with Gasteiger partial charge in [0.1, 0.15) is 0 Å². The second kappa shape index (κ2) is 42.0. The molecule has 0 bridgehead atoms. The van der Waals surface area contributed by atoms with E-state index in [1.807, 2.05) is 36.7 Å². The first kappa shape index (κ1) is 43.0. The van der Waals surface area contributed by atoms with Gasteiger partial charge in [-0.05, 0) is 12.2 Å². The van der Waals surface area contributed by atoms with Gasteiger partial charge in [-0.2, -0.15) is 0 Å². The Balaban J connectivity index is 0.00000229. The molecule has 0 aliphatic carbocycles. The highest BCUT2D eigenvalue weighted by Gasteiger charge is 1.97. The third kappa shape index (κ3) is 41.0. The van der Waals surface area contributed by atoms with E-state index in [0.29, 0.717) is 0 Å². The SMILES string of the molecule is C1=CC=CNC=C1.CCCCCCCCCCCCCCCCCCCCCCCCCCCCCCCCCCCCC. The van der Waals surface area contributed by atoms with Crippen molar-refractivity contribution in [2.45, 2.75) is 239 Å². The molecule has 0 aromatic carbocycles. The highest BCUT2D eigenvalue weighted by Crippen LogP contribution is 2.17. The molecule has 0 amide bonds. The van der Waals surface area contributed by atoms with Crippen molar-refractivity contribution in [3.63, 3.8) is 0 Å². The lowest BCUT2D eigenvalue weighted by molar-refractivity contribution is 0.511. The summed E-state index contributed by atoms with van der Waals surface area (Å²) in [6, 6.07) is 0. The molecule has 0 saturated heterocycles. The van der Waals surface area contributed by atoms with Crippen LogP contribution in [0.25, 0.3) is 0 Å². The number of hydrogen-bond acceptors (Lipinski definition) is 1. The Hall–Kier alpha value is -0.980. The number of rotatable bonds is 34. The van der Waals surface area contributed by atoms with Crippen molar-refractivity contribution in [1.29, 1.82) is 0 Å². The van der Waals surface area contributed by atoms with Gasteiger partial charge in [-0.1, -0.05) is 251 Å². The Kier molecular flexibility index (Phi) is 41.1. The van der Waals surface area contributed by atoms with Crippen LogP contribution in [-0.4, -0.2) is 0 Å². The van der Waals surface area contributed by atoms with Crippen LogP contribution < -0.4 is 5.32 Å². The zero-order valence-corrected chi connectivity index (χ0v) is 30.7. The average Bonchev–Trinajstić information content (AvgIpc) is 3.37. The molecule has 260 valence electrons. The first-order valence-corrected chi connectivity index (χ1v) is 20.7. The van der Waals surface area contributed by atoms with Gasteiger partial charge in [0.25, 0.3) is 0 Å². The lowest BCUT2D eigenvalue weighted by Crippen LogP contribution is -1.87. The van der Waals surface area contributed by atoms with Crippen LogP contribution in [-0.2, 0) is 0 Å². The normalized spacial score (nSPS) is 12.2. The predicted octanol–water partition coefficient (Wildman–Crippen LogP) is 15.9. The topological polar surface area (TPSA) is 12.0 Å². The zero-order chi connectivity index (χ0) is 31.7. The van der Waals surface area contributed by atoms with Gasteiger partial charge in [0.15, 0.2) is 0 Å². The van der Waals surface area contributed by atoms with Gasteiger partial charge in [-0.15, -0.1) is 0 Å². The van der Waals surface area contributed by atoms with E-state index >= 15 is 0 Å². The van der Waals surface area contributed by atoms with Gasteiger partial charge < -0.3 is 5.32 Å². The predicted molar refractivity (Wildman–Crippen MR) is 203 cm³/mol. The van der Waals surface area contributed by atoms with E-state index < -0.39 is 0 Å². The zero-order valence-electron chi connectivity index (χ0n) is 30.7. The van der Waals surface area contributed by atoms with Crippen LogP contribution in [0.3, 0.4) is 0 Å². The summed E-state index contributed by atoms with van der Waals surface area (Å²) in [5, 5.41) is 2.92. The summed E-state index contributed by atoms with van der Waals surface area (Å²) in [6.45, 7) is 4.62. The Morgan fingerprint density at radius 2 is 0.386 bits per heavy atom. The maximum Gasteiger partial charge on any atom is 0.000442 e. The molecule has 0 fully saturated rings. The number of nitrogens with one attached hydrogen (secondary N) is 1. The highest BCUT2D eigenvalue weighted by atomic mass is 14.8. The average molecular weight is 614 g/mol. The second-order valence-electron chi connectivity index (χ2n) is 13.9. The minimum absolute atomic E-state index is 1.37. The molecule has 0 atom stereocenters. The molecule has 0 saturated carbocycles. The molecule has 1 heterocycles. The molecule has 1 aliphatic rings. The monoisotopic (exact) mass is 614 g/mol. The minimum Gasteiger partial charge on any atom is -0.368 e. The number of unbranched alkanes of at least 4 members (excludes halogenated alkanes) is 34. The van der Waals surface area contributed by atoms with Crippen LogP contribution in [0.5, 0.6) is 0 Å². The van der Waals surface area contributed by atoms with E-state index in [9.17, 15) is 0 Å². The van der Waals surface area contributed by atoms with Crippen molar-refractivity contribution in [2.75, 3.05) is 0 Å². The number of allylic oxidation sites excluding steroid dienone is 4. The molecule has 1 aliphatic heterocycles. The largest absolute Gasteiger partial charge is 0.368 e. The third-order valence-electron chi connectivity index (χ3n) is 9.43. The molecule has 0 aromatic heterocycles. The van der Waals surface area contributed by atoms with Gasteiger partial charge in [-0.3, -0.25) is 0 Å². The molecule has 0 aromatic rings. The molecule has 1 N–H and O–H groups in total. The van der Waals surface area contributed by atoms with Crippen LogP contribution >= 0.6 is 0 Å². The lowest BCUT2D eigenvalue weighted by atomic mass is 10.0. The van der Waals surface area contributed by atoms with Crippen LogP contribution in [0.4, 0.5) is 0 Å². The van der Waals surface area contributed by atoms with Crippen molar-refractivity contribution < 1.29 is 0 Å². The summed E-state index contributed by atoms with van der Waals surface area (Å²) in [5.74, 6) is 0. The van der Waals surface area contributed by atoms with Crippen LogP contribution in [0.2, 0.25) is 0 Å². The minimum atomic E-state index is 1.37. The van der Waals surface area contributed by atoms with E-state index in [4.69, 9.17) is 0 Å². The smallest absolute Gasteiger partial charge is 0.000442 e. The summed E-state index contributed by atoms with van der Waals surface area (Å²) < 4.78 is 0. The fourth-order valence-electron chi connectivity index (χ4n) is 6.39. The van der Waals surface area contributed by atoms with E-state index in [-0.39, 0.29) is 0 Å². The lowest BCUT2D eigenvalue weighted by Gasteiger charge is -2.05. The van der Waals surface area contributed by atoms with Gasteiger partial charge in [0, 0.05) is 12.4 Å². The van der Waals surface area contributed by atoms with Crippen LogP contribution in [0, 0.1) is 0 Å². The summed E-state index contributed by atoms with van der Waals surface area (Å²) in [7, 11) is 0. The quantitative estimate of drug-likeness (QED) is 0.0712. The molecular formula is C43H83N. The Morgan fingerprint density at radius 1 is 0.227 bits per heavy atom. The van der Waals surface area contributed by atoms with Gasteiger partial charge >= 0.3 is 0 Å². The maximum absolute atomic E-state index is 2.92. The Bertz CT molecular complexity index is 525. The maximum atomic E-state index is 2.92. The van der Waals surface area contributed by atoms with Crippen molar-refractivity contribution >= 4 is 0 Å². The van der Waals surface area contributed by atoms with E-state index in [1.165, 1.54) is 225 Å². The van der Waals surface area contributed by atoms with Crippen molar-refractivity contribution in [3.8, 4) is 0 Å². The molecule has 44 heavy (non-hydrogen) atoms. The Morgan fingerprint density at radius 3 is 0.545 bits per heavy atom. The standard InChI is InChI=1S/C37H76.C6H7N/c1-3-5-7-9-11-13-15-17-19-21-23-25-27-29-31-33-35-37-36-34-32-30-28-26-24-22-20-18-16-14-12-10-8-6-4-2;1-2-4-6-7-5-3-1/h3-37H2,1-2H3;1-7H. The van der Waals surface area contributed by atoms with Crippen LogP contribution in [0.1, 0.15) is 239 Å².